The molecule has 0 heterocycles. The molecule has 0 saturated carbocycles. The van der Waals surface area contributed by atoms with E-state index in [1.165, 1.54) is 24.0 Å². The Morgan fingerprint density at radius 2 is 1.47 bits per heavy atom. The zero-order valence-electron chi connectivity index (χ0n) is 22.3. The summed E-state index contributed by atoms with van der Waals surface area (Å²) in [6, 6.07) is 11.5. The average Bonchev–Trinajstić information content (AvgIpc) is 2.82. The van der Waals surface area contributed by atoms with Crippen LogP contribution in [-0.2, 0) is 32.5 Å². The summed E-state index contributed by atoms with van der Waals surface area (Å²) in [5.74, 6) is -0.622. The summed E-state index contributed by atoms with van der Waals surface area (Å²) < 4.78 is 32.5. The van der Waals surface area contributed by atoms with E-state index in [4.69, 9.17) is 4.74 Å². The highest BCUT2D eigenvalue weighted by Gasteiger charge is 2.25. The molecular formula is C27H39N3O5S. The molecule has 2 aromatic carbocycles. The van der Waals surface area contributed by atoms with E-state index >= 15 is 0 Å². The molecule has 2 aromatic rings. The number of ketones is 1. The number of nitrogens with one attached hydrogen (secondary N) is 1. The van der Waals surface area contributed by atoms with Crippen LogP contribution in [0.4, 0.5) is 0 Å². The molecule has 0 aromatic heterocycles. The molecule has 8 nitrogen and oxygen atoms in total. The molecule has 198 valence electrons. The van der Waals surface area contributed by atoms with Gasteiger partial charge in [0.1, 0.15) is 5.75 Å². The molecule has 0 unspecified atom stereocenters. The van der Waals surface area contributed by atoms with Gasteiger partial charge >= 0.3 is 0 Å². The van der Waals surface area contributed by atoms with Gasteiger partial charge < -0.3 is 15.0 Å². The van der Waals surface area contributed by atoms with Crippen molar-refractivity contribution in [3.05, 3.63) is 58.7 Å². The zero-order chi connectivity index (χ0) is 26.9. The first-order valence-corrected chi connectivity index (χ1v) is 13.5. The van der Waals surface area contributed by atoms with Crippen molar-refractivity contribution >= 4 is 21.7 Å². The first-order valence-electron chi connectivity index (χ1n) is 12.1. The summed E-state index contributed by atoms with van der Waals surface area (Å²) in [5.41, 5.74) is 3.42. The van der Waals surface area contributed by atoms with Crippen LogP contribution in [0, 0.1) is 13.8 Å². The SMILES string of the molecule is COc1cc(C)c(S(=O)(=O)N(C)CCNC(=O)C(=O)CCc2ccc(CCCN(C)C)cc2)c(C)c1. The number of methoxy groups -OCH3 is 1. The maximum absolute atomic E-state index is 13.1. The fraction of sp³-hybridized carbons (Fsp3) is 0.481. The topological polar surface area (TPSA) is 96.0 Å². The quantitative estimate of drug-likeness (QED) is 0.387. The highest BCUT2D eigenvalue weighted by molar-refractivity contribution is 7.89. The van der Waals surface area contributed by atoms with E-state index in [-0.39, 0.29) is 24.4 Å². The van der Waals surface area contributed by atoms with Crippen molar-refractivity contribution < 1.29 is 22.7 Å². The summed E-state index contributed by atoms with van der Waals surface area (Å²) in [6.07, 6.45) is 2.67. The van der Waals surface area contributed by atoms with Crippen molar-refractivity contribution in [2.75, 3.05) is 47.9 Å². The highest BCUT2D eigenvalue weighted by atomic mass is 32.2. The Bertz CT molecular complexity index is 1120. The number of sulfonamides is 1. The van der Waals surface area contributed by atoms with Crippen molar-refractivity contribution in [2.24, 2.45) is 0 Å². The van der Waals surface area contributed by atoms with Crippen LogP contribution in [0.15, 0.2) is 41.3 Å². The van der Waals surface area contributed by atoms with Gasteiger partial charge in [-0.15, -0.1) is 0 Å². The molecule has 0 atom stereocenters. The fourth-order valence-corrected chi connectivity index (χ4v) is 5.56. The monoisotopic (exact) mass is 517 g/mol. The van der Waals surface area contributed by atoms with E-state index in [1.807, 2.05) is 12.1 Å². The van der Waals surface area contributed by atoms with Gasteiger partial charge in [-0.2, -0.15) is 4.31 Å². The summed E-state index contributed by atoms with van der Waals surface area (Å²) in [7, 11) is 3.33. The minimum Gasteiger partial charge on any atom is -0.497 e. The molecule has 0 saturated heterocycles. The van der Waals surface area contributed by atoms with Gasteiger partial charge in [0.25, 0.3) is 5.91 Å². The van der Waals surface area contributed by atoms with Crippen LogP contribution in [0.25, 0.3) is 0 Å². The van der Waals surface area contributed by atoms with Crippen LogP contribution in [0.3, 0.4) is 0 Å². The van der Waals surface area contributed by atoms with E-state index in [1.54, 1.807) is 26.0 Å². The van der Waals surface area contributed by atoms with Gasteiger partial charge in [-0.05, 0) is 88.1 Å². The molecule has 0 spiro atoms. The summed E-state index contributed by atoms with van der Waals surface area (Å²) in [4.78, 5) is 26.9. The fourth-order valence-electron chi connectivity index (χ4n) is 3.98. The Morgan fingerprint density at radius 1 is 0.917 bits per heavy atom. The lowest BCUT2D eigenvalue weighted by Crippen LogP contribution is -2.39. The van der Waals surface area contributed by atoms with Gasteiger partial charge in [0.2, 0.25) is 15.8 Å². The molecule has 0 aliphatic rings. The van der Waals surface area contributed by atoms with Crippen LogP contribution in [0.1, 0.15) is 35.1 Å². The van der Waals surface area contributed by atoms with Crippen molar-refractivity contribution in [1.29, 1.82) is 0 Å². The molecule has 0 bridgehead atoms. The third-order valence-corrected chi connectivity index (χ3v) is 8.20. The Kier molecular flexibility index (Phi) is 11.1. The predicted molar refractivity (Wildman–Crippen MR) is 142 cm³/mol. The second-order valence-corrected chi connectivity index (χ2v) is 11.3. The second kappa shape index (κ2) is 13.5. The van der Waals surface area contributed by atoms with Crippen LogP contribution in [-0.4, -0.2) is 77.2 Å². The Labute approximate surface area is 215 Å². The number of amides is 1. The second-order valence-electron chi connectivity index (χ2n) is 9.32. The number of hydrogen-bond donors (Lipinski definition) is 1. The van der Waals surface area contributed by atoms with E-state index in [0.29, 0.717) is 23.3 Å². The van der Waals surface area contributed by atoms with Crippen LogP contribution >= 0.6 is 0 Å². The lowest BCUT2D eigenvalue weighted by Gasteiger charge is -2.20. The van der Waals surface area contributed by atoms with Crippen molar-refractivity contribution in [1.82, 2.24) is 14.5 Å². The van der Waals surface area contributed by atoms with Gasteiger partial charge in [-0.3, -0.25) is 9.59 Å². The third kappa shape index (κ3) is 8.43. The van der Waals surface area contributed by atoms with E-state index in [9.17, 15) is 18.0 Å². The van der Waals surface area contributed by atoms with Crippen LogP contribution in [0.5, 0.6) is 5.75 Å². The summed E-state index contributed by atoms with van der Waals surface area (Å²) in [6.45, 7) is 4.55. The number of carbonyl (C=O) groups excluding carboxylic acids is 2. The molecule has 0 fully saturated rings. The molecule has 0 radical (unpaired) electrons. The normalized spacial score (nSPS) is 11.7. The Morgan fingerprint density at radius 3 is 2.00 bits per heavy atom. The van der Waals surface area contributed by atoms with Crippen molar-refractivity contribution in [3.8, 4) is 5.75 Å². The minimum absolute atomic E-state index is 0.0379. The van der Waals surface area contributed by atoms with Gasteiger partial charge in [0.15, 0.2) is 0 Å². The van der Waals surface area contributed by atoms with Crippen LogP contribution in [0.2, 0.25) is 0 Å². The molecule has 0 aliphatic carbocycles. The smallest absolute Gasteiger partial charge is 0.287 e. The van der Waals surface area contributed by atoms with E-state index in [2.05, 4.69) is 36.4 Å². The Hall–Kier alpha value is -2.75. The van der Waals surface area contributed by atoms with Crippen molar-refractivity contribution in [2.45, 2.75) is 44.4 Å². The van der Waals surface area contributed by atoms with Gasteiger partial charge in [-0.25, -0.2) is 8.42 Å². The number of hydrogen-bond acceptors (Lipinski definition) is 6. The average molecular weight is 518 g/mol. The minimum atomic E-state index is -3.76. The highest BCUT2D eigenvalue weighted by Crippen LogP contribution is 2.27. The third-order valence-electron chi connectivity index (χ3n) is 6.04. The number of carbonyl (C=O) groups is 2. The van der Waals surface area contributed by atoms with E-state index in [0.717, 1.165) is 24.9 Å². The lowest BCUT2D eigenvalue weighted by atomic mass is 10.0. The number of aryl methyl sites for hydroxylation is 4. The van der Waals surface area contributed by atoms with Gasteiger partial charge in [0.05, 0.1) is 12.0 Å². The first-order chi connectivity index (χ1) is 16.9. The molecule has 1 amide bonds. The maximum atomic E-state index is 13.1. The number of rotatable bonds is 14. The van der Waals surface area contributed by atoms with E-state index < -0.39 is 21.7 Å². The predicted octanol–water partition coefficient (Wildman–Crippen LogP) is 2.74. The number of nitrogens with zero attached hydrogens (tertiary/aromatic N) is 2. The molecule has 2 rings (SSSR count). The maximum Gasteiger partial charge on any atom is 0.287 e. The standard InChI is InChI=1S/C27H39N3O5S/c1-20-18-24(35-6)19-21(2)26(20)36(33,34)30(5)17-15-28-27(32)25(31)14-13-23-11-9-22(10-12-23)8-7-16-29(3)4/h9-12,18-19H,7-8,13-17H2,1-6H3,(H,28,32). The molecule has 9 heteroatoms. The molecule has 0 aliphatic heterocycles. The molecular weight excluding hydrogens is 478 g/mol. The zero-order valence-corrected chi connectivity index (χ0v) is 23.1. The van der Waals surface area contributed by atoms with Crippen molar-refractivity contribution in [3.63, 3.8) is 0 Å². The molecule has 36 heavy (non-hydrogen) atoms. The first kappa shape index (κ1) is 29.5. The number of ether oxygens (including phenoxy) is 1. The molecule has 1 N–H and O–H groups in total. The van der Waals surface area contributed by atoms with Crippen LogP contribution < -0.4 is 10.1 Å². The Balaban J connectivity index is 1.82. The van der Waals surface area contributed by atoms with Gasteiger partial charge in [-0.1, -0.05) is 24.3 Å². The number of benzene rings is 2. The summed E-state index contributed by atoms with van der Waals surface area (Å²) >= 11 is 0. The number of likely N-dealkylation sites (N-methyl/N-ethyl adjacent to an activating group) is 1. The number of Topliss-reactive ketones (excluding diaryl/α,β-unsaturated/α-hetero) is 1. The van der Waals surface area contributed by atoms with Gasteiger partial charge in [0, 0.05) is 26.6 Å². The largest absolute Gasteiger partial charge is 0.497 e. The summed E-state index contributed by atoms with van der Waals surface area (Å²) in [5, 5.41) is 2.54. The lowest BCUT2D eigenvalue weighted by molar-refractivity contribution is -0.137.